The zero-order chi connectivity index (χ0) is 13.8. The summed E-state index contributed by atoms with van der Waals surface area (Å²) in [5.74, 6) is -0.643. The van der Waals surface area contributed by atoms with Gasteiger partial charge in [-0.3, -0.25) is 9.59 Å². The van der Waals surface area contributed by atoms with Gasteiger partial charge < -0.3 is 9.80 Å². The Balaban J connectivity index is 4.39. The Kier molecular flexibility index (Phi) is 5.56. The second-order valence-corrected chi connectivity index (χ2v) is 6.15. The lowest BCUT2D eigenvalue weighted by molar-refractivity contribution is -0.137. The zero-order valence-corrected chi connectivity index (χ0v) is 11.6. The van der Waals surface area contributed by atoms with Crippen LogP contribution in [-0.2, 0) is 19.6 Å². The van der Waals surface area contributed by atoms with Gasteiger partial charge in [0.2, 0.25) is 21.8 Å². The summed E-state index contributed by atoms with van der Waals surface area (Å²) in [6, 6.07) is 0. The number of carbonyl (C=O) groups excluding carboxylic acids is 2. The summed E-state index contributed by atoms with van der Waals surface area (Å²) in [4.78, 5) is 25.5. The minimum atomic E-state index is -3.39. The summed E-state index contributed by atoms with van der Waals surface area (Å²) < 4.78 is 23.1. The Labute approximate surface area is 102 Å². The van der Waals surface area contributed by atoms with Crippen LogP contribution in [-0.4, -0.2) is 81.9 Å². The summed E-state index contributed by atoms with van der Waals surface area (Å²) in [6.07, 6.45) is 1.02. The van der Waals surface area contributed by atoms with Gasteiger partial charge in [-0.25, -0.2) is 8.42 Å². The second kappa shape index (κ2) is 5.97. The number of nitrogens with zero attached hydrogens (tertiary/aromatic N) is 3. The number of sulfonamides is 1. The number of likely N-dealkylation sites (N-methyl/N-ethyl adjacent to an activating group) is 3. The van der Waals surface area contributed by atoms with Crippen molar-refractivity contribution in [2.75, 3.05) is 47.5 Å². The fraction of sp³-hybridized carbons (Fsp3) is 0.778. The Morgan fingerprint density at radius 3 is 1.76 bits per heavy atom. The Morgan fingerprint density at radius 1 is 0.941 bits per heavy atom. The summed E-state index contributed by atoms with van der Waals surface area (Å²) in [7, 11) is 2.56. The van der Waals surface area contributed by atoms with Crippen LogP contribution >= 0.6 is 0 Å². The van der Waals surface area contributed by atoms with Gasteiger partial charge >= 0.3 is 0 Å². The highest BCUT2D eigenvalue weighted by Crippen LogP contribution is 1.96. The predicted molar refractivity (Wildman–Crippen MR) is 63.8 cm³/mol. The van der Waals surface area contributed by atoms with E-state index >= 15 is 0 Å². The topological polar surface area (TPSA) is 78.0 Å². The second-order valence-electron chi connectivity index (χ2n) is 4.06. The van der Waals surface area contributed by atoms with Crippen LogP contribution in [0.3, 0.4) is 0 Å². The molecule has 0 aliphatic rings. The minimum Gasteiger partial charge on any atom is -0.347 e. The molecule has 0 N–H and O–H groups in total. The standard InChI is InChI=1S/C9H19N3O4S/c1-10(2)8(13)6-11(3)9(14)7-12(4)17(5,15)16/h6-7H2,1-5H3. The molecule has 2 amide bonds. The van der Waals surface area contributed by atoms with Crippen LogP contribution in [0.5, 0.6) is 0 Å². The molecule has 0 fully saturated rings. The lowest BCUT2D eigenvalue weighted by atomic mass is 10.4. The molecule has 0 spiro atoms. The van der Waals surface area contributed by atoms with Crippen LogP contribution in [0.2, 0.25) is 0 Å². The normalized spacial score (nSPS) is 11.4. The molecule has 0 aromatic carbocycles. The van der Waals surface area contributed by atoms with Gasteiger partial charge in [0.15, 0.2) is 0 Å². The quantitative estimate of drug-likeness (QED) is 0.601. The highest BCUT2D eigenvalue weighted by atomic mass is 32.2. The van der Waals surface area contributed by atoms with Crippen LogP contribution in [0.4, 0.5) is 0 Å². The SMILES string of the molecule is CN(C)C(=O)CN(C)C(=O)CN(C)S(C)(=O)=O. The van der Waals surface area contributed by atoms with E-state index in [4.69, 9.17) is 0 Å². The molecule has 0 radical (unpaired) electrons. The van der Waals surface area contributed by atoms with E-state index in [1.807, 2.05) is 0 Å². The van der Waals surface area contributed by atoms with E-state index in [2.05, 4.69) is 0 Å². The third kappa shape index (κ3) is 5.64. The molecule has 7 nitrogen and oxygen atoms in total. The lowest BCUT2D eigenvalue weighted by Gasteiger charge is -2.21. The molecule has 0 aromatic rings. The minimum absolute atomic E-state index is 0.0660. The molecule has 0 aliphatic heterocycles. The van der Waals surface area contributed by atoms with Crippen molar-refractivity contribution in [1.29, 1.82) is 0 Å². The van der Waals surface area contributed by atoms with E-state index in [0.717, 1.165) is 10.6 Å². The third-order valence-electron chi connectivity index (χ3n) is 2.22. The summed E-state index contributed by atoms with van der Waals surface area (Å²) in [6.45, 7) is -0.334. The van der Waals surface area contributed by atoms with Crippen molar-refractivity contribution in [3.63, 3.8) is 0 Å². The van der Waals surface area contributed by atoms with Crippen LogP contribution in [0.1, 0.15) is 0 Å². The van der Waals surface area contributed by atoms with Crippen molar-refractivity contribution in [3.8, 4) is 0 Å². The van der Waals surface area contributed by atoms with E-state index in [0.29, 0.717) is 0 Å². The maximum Gasteiger partial charge on any atom is 0.241 e. The number of rotatable bonds is 5. The van der Waals surface area contributed by atoms with Crippen molar-refractivity contribution >= 4 is 21.8 Å². The first-order valence-corrected chi connectivity index (χ1v) is 6.76. The van der Waals surface area contributed by atoms with Crippen molar-refractivity contribution in [1.82, 2.24) is 14.1 Å². The van der Waals surface area contributed by atoms with E-state index in [1.165, 1.54) is 23.9 Å². The highest BCUT2D eigenvalue weighted by molar-refractivity contribution is 7.88. The molecule has 0 heterocycles. The van der Waals surface area contributed by atoms with Crippen LogP contribution in [0.25, 0.3) is 0 Å². The molecular formula is C9H19N3O4S. The van der Waals surface area contributed by atoms with Gasteiger partial charge in [-0.05, 0) is 0 Å². The Hall–Kier alpha value is -1.15. The largest absolute Gasteiger partial charge is 0.347 e. The molecule has 0 atom stereocenters. The van der Waals surface area contributed by atoms with Crippen molar-refractivity contribution in [3.05, 3.63) is 0 Å². The first kappa shape index (κ1) is 15.9. The number of carbonyl (C=O) groups is 2. The summed E-state index contributed by atoms with van der Waals surface area (Å²) in [5.41, 5.74) is 0. The zero-order valence-electron chi connectivity index (χ0n) is 10.8. The third-order valence-corrected chi connectivity index (χ3v) is 3.48. The monoisotopic (exact) mass is 265 g/mol. The summed E-state index contributed by atoms with van der Waals surface area (Å²) in [5, 5.41) is 0. The average molecular weight is 265 g/mol. The molecule has 100 valence electrons. The van der Waals surface area contributed by atoms with Gasteiger partial charge in [0.05, 0.1) is 19.3 Å². The lowest BCUT2D eigenvalue weighted by Crippen LogP contribution is -2.43. The van der Waals surface area contributed by atoms with Gasteiger partial charge in [-0.15, -0.1) is 0 Å². The fourth-order valence-electron chi connectivity index (χ4n) is 0.861. The first-order valence-electron chi connectivity index (χ1n) is 4.91. The van der Waals surface area contributed by atoms with E-state index < -0.39 is 15.9 Å². The van der Waals surface area contributed by atoms with Gasteiger partial charge in [0, 0.05) is 28.2 Å². The Morgan fingerprint density at radius 2 is 1.41 bits per heavy atom. The molecule has 0 unspecified atom stereocenters. The summed E-state index contributed by atoms with van der Waals surface area (Å²) >= 11 is 0. The van der Waals surface area contributed by atoms with Crippen molar-refractivity contribution in [2.24, 2.45) is 0 Å². The molecule has 17 heavy (non-hydrogen) atoms. The average Bonchev–Trinajstić information content (AvgIpc) is 2.15. The number of hydrogen-bond acceptors (Lipinski definition) is 4. The van der Waals surface area contributed by atoms with Crippen LogP contribution in [0.15, 0.2) is 0 Å². The fourth-order valence-corrected chi connectivity index (χ4v) is 1.21. The maximum absolute atomic E-state index is 11.6. The molecule has 0 aromatic heterocycles. The number of amides is 2. The number of hydrogen-bond donors (Lipinski definition) is 0. The van der Waals surface area contributed by atoms with E-state index in [-0.39, 0.29) is 19.0 Å². The van der Waals surface area contributed by atoms with Crippen molar-refractivity contribution in [2.45, 2.75) is 0 Å². The highest BCUT2D eigenvalue weighted by Gasteiger charge is 2.19. The Bertz CT molecular complexity index is 391. The predicted octanol–water partition coefficient (Wildman–Crippen LogP) is -1.58. The van der Waals surface area contributed by atoms with E-state index in [9.17, 15) is 18.0 Å². The van der Waals surface area contributed by atoms with Gasteiger partial charge in [-0.2, -0.15) is 4.31 Å². The molecule has 0 aliphatic carbocycles. The van der Waals surface area contributed by atoms with Crippen LogP contribution < -0.4 is 0 Å². The molecule has 8 heteroatoms. The first-order chi connectivity index (χ1) is 7.55. The molecule has 0 rings (SSSR count). The van der Waals surface area contributed by atoms with E-state index in [1.54, 1.807) is 14.1 Å². The van der Waals surface area contributed by atoms with Gasteiger partial charge in [-0.1, -0.05) is 0 Å². The molecule has 0 saturated heterocycles. The van der Waals surface area contributed by atoms with Gasteiger partial charge in [0.1, 0.15) is 0 Å². The van der Waals surface area contributed by atoms with Gasteiger partial charge in [0.25, 0.3) is 0 Å². The van der Waals surface area contributed by atoms with Crippen LogP contribution in [0, 0.1) is 0 Å². The van der Waals surface area contributed by atoms with Crippen molar-refractivity contribution < 1.29 is 18.0 Å². The molecule has 0 bridgehead atoms. The molecular weight excluding hydrogens is 246 g/mol. The molecule has 0 saturated carbocycles. The maximum atomic E-state index is 11.6. The smallest absolute Gasteiger partial charge is 0.241 e.